The Kier molecular flexibility index (Phi) is 9.80. The molecule has 0 aliphatic rings. The summed E-state index contributed by atoms with van der Waals surface area (Å²) < 4.78 is 0. The number of aliphatic carboxylic acids is 1. The van der Waals surface area contributed by atoms with Gasteiger partial charge in [-0.25, -0.2) is 4.79 Å². The second-order valence-corrected chi connectivity index (χ2v) is 5.30. The molecule has 0 fully saturated rings. The molecule has 0 heterocycles. The molecular formula is C13H23N5O8. The topological polar surface area (TPSA) is 234 Å². The van der Waals surface area contributed by atoms with Crippen LogP contribution in [0.15, 0.2) is 0 Å². The van der Waals surface area contributed by atoms with Crippen molar-refractivity contribution in [3.8, 4) is 0 Å². The van der Waals surface area contributed by atoms with Gasteiger partial charge in [-0.05, 0) is 6.92 Å². The van der Waals surface area contributed by atoms with Crippen LogP contribution in [-0.2, 0) is 24.0 Å². The van der Waals surface area contributed by atoms with Crippen molar-refractivity contribution in [1.29, 1.82) is 0 Å². The van der Waals surface area contributed by atoms with Gasteiger partial charge in [0, 0.05) is 0 Å². The van der Waals surface area contributed by atoms with E-state index in [1.165, 1.54) is 0 Å². The van der Waals surface area contributed by atoms with Crippen molar-refractivity contribution in [1.82, 2.24) is 16.0 Å². The Morgan fingerprint density at radius 3 is 1.92 bits per heavy atom. The van der Waals surface area contributed by atoms with Gasteiger partial charge in [0.2, 0.25) is 23.6 Å². The molecule has 148 valence electrons. The molecule has 0 aromatic rings. The maximum atomic E-state index is 12.1. The van der Waals surface area contributed by atoms with Gasteiger partial charge in [-0.1, -0.05) is 0 Å². The predicted octanol–water partition coefficient (Wildman–Crippen LogP) is -5.27. The molecule has 0 aromatic heterocycles. The van der Waals surface area contributed by atoms with E-state index in [-0.39, 0.29) is 0 Å². The standard InChI is InChI=1S/C13H23N5O8/c1-5(20)10(13(25)26)18-11(23)6(2-8(15)21)17-12(24)7(4-19)16-9(22)3-14/h5-7,10,19-20H,2-4,14H2,1H3,(H2,15,21)(H,16,22)(H,17,24)(H,18,23)(H,25,26). The number of rotatable bonds is 11. The van der Waals surface area contributed by atoms with Crippen LogP contribution in [0.5, 0.6) is 0 Å². The number of amides is 4. The quantitative estimate of drug-likeness (QED) is 0.171. The Morgan fingerprint density at radius 2 is 1.54 bits per heavy atom. The molecule has 13 nitrogen and oxygen atoms in total. The highest BCUT2D eigenvalue weighted by Gasteiger charge is 2.31. The summed E-state index contributed by atoms with van der Waals surface area (Å²) in [5.74, 6) is -5.41. The molecule has 0 saturated carbocycles. The molecule has 0 saturated heterocycles. The van der Waals surface area contributed by atoms with E-state index in [0.29, 0.717) is 0 Å². The lowest BCUT2D eigenvalue weighted by molar-refractivity contribution is -0.145. The lowest BCUT2D eigenvalue weighted by atomic mass is 10.1. The highest BCUT2D eigenvalue weighted by atomic mass is 16.4. The lowest BCUT2D eigenvalue weighted by Gasteiger charge is -2.24. The van der Waals surface area contributed by atoms with Gasteiger partial charge in [0.1, 0.15) is 12.1 Å². The summed E-state index contributed by atoms with van der Waals surface area (Å²) in [4.78, 5) is 57.5. The predicted molar refractivity (Wildman–Crippen MR) is 85.1 cm³/mol. The Labute approximate surface area is 148 Å². The van der Waals surface area contributed by atoms with Crippen LogP contribution >= 0.6 is 0 Å². The van der Waals surface area contributed by atoms with Crippen LogP contribution in [0.1, 0.15) is 13.3 Å². The van der Waals surface area contributed by atoms with E-state index in [1.54, 1.807) is 0 Å². The van der Waals surface area contributed by atoms with Gasteiger partial charge in [0.15, 0.2) is 6.04 Å². The van der Waals surface area contributed by atoms with Crippen molar-refractivity contribution >= 4 is 29.6 Å². The van der Waals surface area contributed by atoms with Crippen LogP contribution in [-0.4, -0.2) is 82.3 Å². The Hall–Kier alpha value is -2.77. The van der Waals surface area contributed by atoms with E-state index >= 15 is 0 Å². The van der Waals surface area contributed by atoms with Gasteiger partial charge in [-0.2, -0.15) is 0 Å². The highest BCUT2D eigenvalue weighted by molar-refractivity contribution is 5.95. The summed E-state index contributed by atoms with van der Waals surface area (Å²) in [6.07, 6.45) is -2.15. The second kappa shape index (κ2) is 11.0. The number of aliphatic hydroxyl groups is 2. The summed E-state index contributed by atoms with van der Waals surface area (Å²) in [6, 6.07) is -4.74. The maximum absolute atomic E-state index is 12.1. The SMILES string of the molecule is CC(O)C(NC(=O)C(CC(N)=O)NC(=O)C(CO)NC(=O)CN)C(=O)O. The van der Waals surface area contributed by atoms with E-state index < -0.39 is 73.4 Å². The number of nitrogens with one attached hydrogen (secondary N) is 3. The van der Waals surface area contributed by atoms with Crippen LogP contribution in [0.3, 0.4) is 0 Å². The number of carboxylic acids is 1. The third-order valence-electron chi connectivity index (χ3n) is 3.10. The summed E-state index contributed by atoms with van der Waals surface area (Å²) in [7, 11) is 0. The van der Waals surface area contributed by atoms with E-state index in [2.05, 4.69) is 10.6 Å². The van der Waals surface area contributed by atoms with Gasteiger partial charge in [-0.3, -0.25) is 19.2 Å². The first-order valence-electron chi connectivity index (χ1n) is 7.43. The van der Waals surface area contributed by atoms with Crippen LogP contribution in [0.25, 0.3) is 0 Å². The Morgan fingerprint density at radius 1 is 1.00 bits per heavy atom. The Bertz CT molecular complexity index is 553. The summed E-state index contributed by atoms with van der Waals surface area (Å²) >= 11 is 0. The molecule has 0 aliphatic carbocycles. The molecule has 13 heteroatoms. The number of hydrogen-bond donors (Lipinski definition) is 8. The number of carbonyl (C=O) groups excluding carboxylic acids is 4. The molecule has 0 bridgehead atoms. The zero-order valence-electron chi connectivity index (χ0n) is 14.0. The first-order chi connectivity index (χ1) is 12.0. The molecule has 4 amide bonds. The zero-order valence-corrected chi connectivity index (χ0v) is 14.0. The molecule has 0 spiro atoms. The fourth-order valence-corrected chi connectivity index (χ4v) is 1.77. The number of hydrogen-bond acceptors (Lipinski definition) is 8. The zero-order chi connectivity index (χ0) is 20.4. The monoisotopic (exact) mass is 377 g/mol. The van der Waals surface area contributed by atoms with Gasteiger partial charge < -0.3 is 42.7 Å². The van der Waals surface area contributed by atoms with Crippen molar-refractivity contribution < 1.29 is 39.3 Å². The number of primary amides is 1. The molecule has 0 rings (SSSR count). The molecule has 0 aromatic carbocycles. The van der Waals surface area contributed by atoms with E-state index in [1.807, 2.05) is 5.32 Å². The first kappa shape index (κ1) is 23.2. The molecule has 4 atom stereocenters. The molecule has 0 radical (unpaired) electrons. The summed E-state index contributed by atoms with van der Waals surface area (Å²) in [5, 5.41) is 33.6. The van der Waals surface area contributed by atoms with Crippen LogP contribution in [0.2, 0.25) is 0 Å². The van der Waals surface area contributed by atoms with Crippen molar-refractivity contribution in [3.63, 3.8) is 0 Å². The average Bonchev–Trinajstić information content (AvgIpc) is 2.54. The smallest absolute Gasteiger partial charge is 0.328 e. The highest BCUT2D eigenvalue weighted by Crippen LogP contribution is 1.99. The number of aliphatic hydroxyl groups excluding tert-OH is 2. The van der Waals surface area contributed by atoms with E-state index in [4.69, 9.17) is 21.7 Å². The number of nitrogens with two attached hydrogens (primary N) is 2. The molecule has 26 heavy (non-hydrogen) atoms. The van der Waals surface area contributed by atoms with Gasteiger partial charge in [0.25, 0.3) is 0 Å². The molecule has 10 N–H and O–H groups in total. The largest absolute Gasteiger partial charge is 0.480 e. The summed E-state index contributed by atoms with van der Waals surface area (Å²) in [5.41, 5.74) is 10.1. The molecule has 0 aliphatic heterocycles. The van der Waals surface area contributed by atoms with Crippen molar-refractivity contribution in [2.24, 2.45) is 11.5 Å². The van der Waals surface area contributed by atoms with Crippen molar-refractivity contribution in [3.05, 3.63) is 0 Å². The summed E-state index contributed by atoms with van der Waals surface area (Å²) in [6.45, 7) is -0.164. The van der Waals surface area contributed by atoms with Crippen LogP contribution in [0, 0.1) is 0 Å². The molecular weight excluding hydrogens is 354 g/mol. The third kappa shape index (κ3) is 7.87. The Balaban J connectivity index is 5.20. The van der Waals surface area contributed by atoms with E-state index in [0.717, 1.165) is 6.92 Å². The minimum atomic E-state index is -1.69. The van der Waals surface area contributed by atoms with Crippen LogP contribution in [0.4, 0.5) is 0 Å². The van der Waals surface area contributed by atoms with Crippen LogP contribution < -0.4 is 27.4 Å². The van der Waals surface area contributed by atoms with Crippen molar-refractivity contribution in [2.75, 3.05) is 13.2 Å². The third-order valence-corrected chi connectivity index (χ3v) is 3.10. The minimum Gasteiger partial charge on any atom is -0.480 e. The average molecular weight is 377 g/mol. The minimum absolute atomic E-state index is 0.455. The van der Waals surface area contributed by atoms with Gasteiger partial charge in [-0.15, -0.1) is 0 Å². The van der Waals surface area contributed by atoms with Crippen molar-refractivity contribution in [2.45, 2.75) is 37.6 Å². The number of carboxylic acid groups (broad SMARTS) is 1. The first-order valence-corrected chi connectivity index (χ1v) is 7.43. The molecule has 4 unspecified atom stereocenters. The normalized spacial score (nSPS) is 15.1. The fraction of sp³-hybridized carbons (Fsp3) is 0.615. The maximum Gasteiger partial charge on any atom is 0.328 e. The van der Waals surface area contributed by atoms with Gasteiger partial charge in [0.05, 0.1) is 25.7 Å². The fourth-order valence-electron chi connectivity index (χ4n) is 1.77. The second-order valence-electron chi connectivity index (χ2n) is 5.30. The number of carbonyl (C=O) groups is 5. The lowest BCUT2D eigenvalue weighted by Crippen LogP contribution is -2.59. The van der Waals surface area contributed by atoms with E-state index in [9.17, 15) is 29.1 Å². The van der Waals surface area contributed by atoms with Gasteiger partial charge >= 0.3 is 5.97 Å².